The van der Waals surface area contributed by atoms with E-state index in [1.54, 1.807) is 0 Å². The number of benzene rings is 1. The molecule has 1 aliphatic heterocycles. The molecule has 25 heavy (non-hydrogen) atoms. The standard InChI is InChI=1S/C19H30N4O2/c1-4-16-8-6-7-9-17(16)21-18(24)14-22-10-12-23(13-11-22)15(3)19(25)20-5-2/h6-9,15H,4-5,10-14H2,1-3H3,(H,20,25)(H,21,24)/p+2/t15-/m1/s1. The van der Waals surface area contributed by atoms with Gasteiger partial charge in [-0.05, 0) is 31.9 Å². The highest BCUT2D eigenvalue weighted by Crippen LogP contribution is 2.14. The van der Waals surface area contributed by atoms with E-state index in [9.17, 15) is 9.59 Å². The van der Waals surface area contributed by atoms with Crippen molar-refractivity contribution >= 4 is 17.5 Å². The minimum Gasteiger partial charge on any atom is -0.351 e. The molecule has 1 aromatic rings. The van der Waals surface area contributed by atoms with Crippen molar-refractivity contribution in [1.82, 2.24) is 5.32 Å². The summed E-state index contributed by atoms with van der Waals surface area (Å²) in [6, 6.07) is 7.94. The van der Waals surface area contributed by atoms with Crippen molar-refractivity contribution in [3.63, 3.8) is 0 Å². The van der Waals surface area contributed by atoms with Crippen molar-refractivity contribution < 1.29 is 19.4 Å². The molecular weight excluding hydrogens is 316 g/mol. The van der Waals surface area contributed by atoms with Crippen LogP contribution in [-0.2, 0) is 16.0 Å². The number of quaternary nitrogens is 2. The van der Waals surface area contributed by atoms with Gasteiger partial charge in [-0.3, -0.25) is 9.59 Å². The second kappa shape index (κ2) is 9.53. The Balaban J connectivity index is 1.79. The maximum absolute atomic E-state index is 12.4. The highest BCUT2D eigenvalue weighted by atomic mass is 16.2. The average Bonchev–Trinajstić information content (AvgIpc) is 2.62. The van der Waals surface area contributed by atoms with Gasteiger partial charge in [0.2, 0.25) is 0 Å². The summed E-state index contributed by atoms with van der Waals surface area (Å²) in [7, 11) is 0. The number of carbonyl (C=O) groups excluding carboxylic acids is 2. The molecule has 0 radical (unpaired) electrons. The predicted molar refractivity (Wildman–Crippen MR) is 98.9 cm³/mol. The lowest BCUT2D eigenvalue weighted by atomic mass is 10.1. The Bertz CT molecular complexity index is 583. The molecule has 2 rings (SSSR count). The van der Waals surface area contributed by atoms with E-state index < -0.39 is 0 Å². The van der Waals surface area contributed by atoms with Gasteiger partial charge in [-0.15, -0.1) is 0 Å². The molecule has 4 N–H and O–H groups in total. The number of amides is 2. The lowest BCUT2D eigenvalue weighted by Gasteiger charge is -2.32. The van der Waals surface area contributed by atoms with Gasteiger partial charge in [-0.2, -0.15) is 0 Å². The first-order valence-electron chi connectivity index (χ1n) is 9.38. The van der Waals surface area contributed by atoms with Crippen LogP contribution in [0.4, 0.5) is 5.69 Å². The molecule has 0 saturated carbocycles. The summed E-state index contributed by atoms with van der Waals surface area (Å²) in [5.74, 6) is 0.186. The van der Waals surface area contributed by atoms with Crippen molar-refractivity contribution in [1.29, 1.82) is 0 Å². The predicted octanol–water partition coefficient (Wildman–Crippen LogP) is -1.50. The number of anilines is 1. The topological polar surface area (TPSA) is 67.1 Å². The van der Waals surface area contributed by atoms with Crippen molar-refractivity contribution in [3.8, 4) is 0 Å². The molecule has 1 heterocycles. The van der Waals surface area contributed by atoms with Gasteiger partial charge in [0, 0.05) is 12.2 Å². The molecule has 0 unspecified atom stereocenters. The summed E-state index contributed by atoms with van der Waals surface area (Å²) in [5.41, 5.74) is 2.08. The van der Waals surface area contributed by atoms with Gasteiger partial charge in [-0.1, -0.05) is 25.1 Å². The van der Waals surface area contributed by atoms with Crippen molar-refractivity contribution in [2.45, 2.75) is 33.2 Å². The molecule has 0 aliphatic carbocycles. The fourth-order valence-corrected chi connectivity index (χ4v) is 3.42. The lowest BCUT2D eigenvalue weighted by Crippen LogP contribution is -3.30. The van der Waals surface area contributed by atoms with Crippen LogP contribution in [0.3, 0.4) is 0 Å². The van der Waals surface area contributed by atoms with E-state index in [1.165, 1.54) is 9.80 Å². The van der Waals surface area contributed by atoms with Crippen LogP contribution in [0.5, 0.6) is 0 Å². The molecule has 1 aliphatic rings. The Morgan fingerprint density at radius 2 is 1.80 bits per heavy atom. The number of hydrogen-bond acceptors (Lipinski definition) is 2. The fraction of sp³-hybridized carbons (Fsp3) is 0.579. The van der Waals surface area contributed by atoms with Crippen LogP contribution >= 0.6 is 0 Å². The highest BCUT2D eigenvalue weighted by molar-refractivity contribution is 5.92. The number of rotatable bonds is 7. The van der Waals surface area contributed by atoms with Crippen LogP contribution < -0.4 is 20.4 Å². The Morgan fingerprint density at radius 1 is 1.12 bits per heavy atom. The zero-order valence-corrected chi connectivity index (χ0v) is 15.7. The molecule has 2 amide bonds. The van der Waals surface area contributed by atoms with Crippen LogP contribution in [-0.4, -0.2) is 57.1 Å². The average molecular weight is 348 g/mol. The van der Waals surface area contributed by atoms with Crippen LogP contribution in [0, 0.1) is 0 Å². The molecule has 6 heteroatoms. The second-order valence-electron chi connectivity index (χ2n) is 6.76. The van der Waals surface area contributed by atoms with E-state index in [4.69, 9.17) is 0 Å². The Labute approximate surface area is 150 Å². The molecule has 1 fully saturated rings. The number of nitrogens with one attached hydrogen (secondary N) is 4. The smallest absolute Gasteiger partial charge is 0.279 e. The molecule has 1 atom stereocenters. The zero-order valence-electron chi connectivity index (χ0n) is 15.7. The number of para-hydroxylation sites is 1. The summed E-state index contributed by atoms with van der Waals surface area (Å²) < 4.78 is 0. The Morgan fingerprint density at radius 3 is 2.44 bits per heavy atom. The monoisotopic (exact) mass is 348 g/mol. The maximum Gasteiger partial charge on any atom is 0.279 e. The lowest BCUT2D eigenvalue weighted by molar-refractivity contribution is -1.01. The quantitative estimate of drug-likeness (QED) is 0.484. The molecule has 6 nitrogen and oxygen atoms in total. The molecule has 1 aromatic carbocycles. The molecular formula is C19H32N4O2+2. The Kier molecular flexibility index (Phi) is 7.40. The fourth-order valence-electron chi connectivity index (χ4n) is 3.42. The van der Waals surface area contributed by atoms with Crippen LogP contribution in [0.2, 0.25) is 0 Å². The largest absolute Gasteiger partial charge is 0.351 e. The molecule has 0 spiro atoms. The van der Waals surface area contributed by atoms with E-state index in [-0.39, 0.29) is 17.9 Å². The van der Waals surface area contributed by atoms with E-state index in [0.29, 0.717) is 13.1 Å². The number of piperazine rings is 1. The first-order valence-corrected chi connectivity index (χ1v) is 9.38. The van der Waals surface area contributed by atoms with Gasteiger partial charge >= 0.3 is 0 Å². The van der Waals surface area contributed by atoms with Crippen molar-refractivity contribution in [2.75, 3.05) is 44.6 Å². The van der Waals surface area contributed by atoms with Gasteiger partial charge in [0.15, 0.2) is 12.6 Å². The number of carbonyl (C=O) groups is 2. The zero-order chi connectivity index (χ0) is 18.2. The summed E-state index contributed by atoms with van der Waals surface area (Å²) in [4.78, 5) is 26.9. The van der Waals surface area contributed by atoms with E-state index in [1.807, 2.05) is 38.1 Å². The minimum atomic E-state index is -0.0215. The Hall–Kier alpha value is -1.92. The molecule has 0 aromatic heterocycles. The third-order valence-electron chi connectivity index (χ3n) is 5.04. The first kappa shape index (κ1) is 19.4. The van der Waals surface area contributed by atoms with Crippen molar-refractivity contribution in [3.05, 3.63) is 29.8 Å². The van der Waals surface area contributed by atoms with Gasteiger partial charge in [0.1, 0.15) is 26.2 Å². The summed E-state index contributed by atoms with van der Waals surface area (Å²) in [6.45, 7) is 10.9. The third-order valence-corrected chi connectivity index (χ3v) is 5.04. The van der Waals surface area contributed by atoms with Gasteiger partial charge in [0.25, 0.3) is 11.8 Å². The van der Waals surface area contributed by atoms with E-state index in [2.05, 4.69) is 17.6 Å². The summed E-state index contributed by atoms with van der Waals surface area (Å²) in [5, 5.41) is 5.94. The SMILES string of the molecule is CCNC(=O)[C@@H](C)[NH+]1CC[NH+](CC(=O)Nc2ccccc2CC)CC1. The van der Waals surface area contributed by atoms with Gasteiger partial charge in [0.05, 0.1) is 0 Å². The molecule has 1 saturated heterocycles. The van der Waals surface area contributed by atoms with Crippen LogP contribution in [0.1, 0.15) is 26.3 Å². The second-order valence-corrected chi connectivity index (χ2v) is 6.76. The summed E-state index contributed by atoms with van der Waals surface area (Å²) >= 11 is 0. The number of likely N-dealkylation sites (N-methyl/N-ethyl adjacent to an activating group) is 1. The summed E-state index contributed by atoms with van der Waals surface area (Å²) in [6.07, 6.45) is 0.906. The number of hydrogen-bond donors (Lipinski definition) is 4. The van der Waals surface area contributed by atoms with Crippen LogP contribution in [0.15, 0.2) is 24.3 Å². The van der Waals surface area contributed by atoms with Crippen molar-refractivity contribution in [2.24, 2.45) is 0 Å². The minimum absolute atomic E-state index is 0.0215. The van der Waals surface area contributed by atoms with Crippen LogP contribution in [0.25, 0.3) is 0 Å². The van der Waals surface area contributed by atoms with E-state index in [0.717, 1.165) is 43.9 Å². The first-order chi connectivity index (χ1) is 12.0. The van der Waals surface area contributed by atoms with Gasteiger partial charge in [-0.25, -0.2) is 0 Å². The normalized spacial score (nSPS) is 21.4. The van der Waals surface area contributed by atoms with E-state index >= 15 is 0 Å². The van der Waals surface area contributed by atoms with Gasteiger partial charge < -0.3 is 20.4 Å². The maximum atomic E-state index is 12.4. The molecule has 0 bridgehead atoms. The molecule has 138 valence electrons. The number of aryl methyl sites for hydroxylation is 1. The third kappa shape index (κ3) is 5.54. The highest BCUT2D eigenvalue weighted by Gasteiger charge is 2.31.